The second kappa shape index (κ2) is 6.61. The number of pyridine rings is 1. The number of hydrogen-bond donors (Lipinski definition) is 1. The average molecular weight is 389 g/mol. The van der Waals surface area contributed by atoms with Crippen LogP contribution in [-0.4, -0.2) is 42.2 Å². The molecule has 27 heavy (non-hydrogen) atoms. The number of H-pyrrole nitrogens is 1. The summed E-state index contributed by atoms with van der Waals surface area (Å²) in [5, 5.41) is 0.344. The van der Waals surface area contributed by atoms with Gasteiger partial charge in [-0.1, -0.05) is 0 Å². The van der Waals surface area contributed by atoms with Crippen molar-refractivity contribution >= 4 is 16.7 Å². The molecule has 0 amide bonds. The number of alkyl halides is 5. The van der Waals surface area contributed by atoms with Crippen LogP contribution < -0.4 is 4.90 Å². The number of piperidine rings is 1. The fourth-order valence-electron chi connectivity index (χ4n) is 3.92. The molecule has 2 aromatic heterocycles. The van der Waals surface area contributed by atoms with Crippen LogP contribution in [0.4, 0.5) is 27.6 Å². The minimum atomic E-state index is -4.60. The highest BCUT2D eigenvalue weighted by Crippen LogP contribution is 2.43. The first-order chi connectivity index (χ1) is 12.7. The van der Waals surface area contributed by atoms with Crippen molar-refractivity contribution in [3.63, 3.8) is 0 Å². The lowest BCUT2D eigenvalue weighted by atomic mass is 9.96. The number of halogens is 5. The van der Waals surface area contributed by atoms with Crippen molar-refractivity contribution in [2.24, 2.45) is 0 Å². The monoisotopic (exact) mass is 389 g/mol. The summed E-state index contributed by atoms with van der Waals surface area (Å²) in [6, 6.07) is 1.70. The van der Waals surface area contributed by atoms with Gasteiger partial charge in [-0.25, -0.2) is 13.8 Å². The largest absolute Gasteiger partial charge is 0.419 e. The van der Waals surface area contributed by atoms with E-state index >= 15 is 0 Å². The van der Waals surface area contributed by atoms with Crippen LogP contribution in [0.1, 0.15) is 42.9 Å². The normalized spacial score (nSPS) is 21.7. The van der Waals surface area contributed by atoms with E-state index in [4.69, 9.17) is 4.74 Å². The maximum Gasteiger partial charge on any atom is 0.419 e. The highest BCUT2D eigenvalue weighted by Gasteiger charge is 2.40. The lowest BCUT2D eigenvalue weighted by Crippen LogP contribution is -2.40. The molecule has 9 heteroatoms. The molecule has 0 saturated carbocycles. The predicted molar refractivity (Wildman–Crippen MR) is 90.3 cm³/mol. The van der Waals surface area contributed by atoms with Crippen LogP contribution in [0.5, 0.6) is 0 Å². The molecule has 2 aromatic rings. The maximum atomic E-state index is 13.6. The summed E-state index contributed by atoms with van der Waals surface area (Å²) in [4.78, 5) is 8.52. The van der Waals surface area contributed by atoms with Crippen molar-refractivity contribution < 1.29 is 26.7 Å². The fraction of sp³-hybridized carbons (Fsp3) is 0.611. The van der Waals surface area contributed by atoms with Gasteiger partial charge in [0, 0.05) is 62.3 Å². The van der Waals surface area contributed by atoms with Gasteiger partial charge in [0.05, 0.1) is 11.3 Å². The molecule has 4 nitrogen and oxygen atoms in total. The van der Waals surface area contributed by atoms with Crippen LogP contribution >= 0.6 is 0 Å². The van der Waals surface area contributed by atoms with Crippen molar-refractivity contribution in [3.8, 4) is 0 Å². The van der Waals surface area contributed by atoms with Gasteiger partial charge in [-0.15, -0.1) is 0 Å². The number of ether oxygens (including phenoxy) is 1. The van der Waals surface area contributed by atoms with Crippen molar-refractivity contribution in [2.45, 2.75) is 43.7 Å². The van der Waals surface area contributed by atoms with Crippen molar-refractivity contribution in [2.75, 3.05) is 31.2 Å². The summed E-state index contributed by atoms with van der Waals surface area (Å²) >= 11 is 0. The molecule has 2 fully saturated rings. The zero-order chi connectivity index (χ0) is 19.2. The molecule has 148 valence electrons. The second-order valence-corrected chi connectivity index (χ2v) is 7.23. The Morgan fingerprint density at radius 2 is 1.81 bits per heavy atom. The molecule has 2 saturated heterocycles. The van der Waals surface area contributed by atoms with Gasteiger partial charge in [-0.3, -0.25) is 0 Å². The third-order valence-electron chi connectivity index (χ3n) is 5.43. The molecular weight excluding hydrogens is 369 g/mol. The Bertz CT molecular complexity index is 816. The summed E-state index contributed by atoms with van der Waals surface area (Å²) < 4.78 is 73.2. The predicted octanol–water partition coefficient (Wildman–Crippen LogP) is 4.71. The van der Waals surface area contributed by atoms with Crippen LogP contribution in [0.2, 0.25) is 0 Å². The molecule has 0 unspecified atom stereocenters. The zero-order valence-corrected chi connectivity index (χ0v) is 14.6. The molecule has 0 spiro atoms. The van der Waals surface area contributed by atoms with Gasteiger partial charge < -0.3 is 14.6 Å². The minimum absolute atomic E-state index is 0.0439. The van der Waals surface area contributed by atoms with Gasteiger partial charge in [0.1, 0.15) is 5.65 Å². The van der Waals surface area contributed by atoms with E-state index in [0.717, 1.165) is 24.7 Å². The van der Waals surface area contributed by atoms with E-state index in [1.165, 1.54) is 4.90 Å². The second-order valence-electron chi connectivity index (χ2n) is 7.23. The number of fused-ring (bicyclic) bond motifs is 1. The number of nitrogens with zero attached hydrogens (tertiary/aromatic N) is 2. The standard InChI is InChI=1S/C18H20F5N3O/c19-17(20)3-5-26(6-4-17)15-12-9-14(11-1-7-27-8-2-11)25-16(12)24-10-13(15)18(21,22)23/h9-11H,1-8H2,(H,24,25). The van der Waals surface area contributed by atoms with Gasteiger partial charge in [-0.2, -0.15) is 13.2 Å². The highest BCUT2D eigenvalue weighted by molar-refractivity contribution is 5.93. The Balaban J connectivity index is 1.78. The third-order valence-corrected chi connectivity index (χ3v) is 5.43. The Labute approximate surface area is 152 Å². The van der Waals surface area contributed by atoms with E-state index in [-0.39, 0.29) is 24.7 Å². The topological polar surface area (TPSA) is 41.2 Å². The molecule has 2 aliphatic rings. The summed E-state index contributed by atoms with van der Waals surface area (Å²) in [7, 11) is 0. The highest BCUT2D eigenvalue weighted by atomic mass is 19.4. The van der Waals surface area contributed by atoms with Crippen LogP contribution in [0.15, 0.2) is 12.3 Å². The number of rotatable bonds is 2. The molecule has 0 radical (unpaired) electrons. The van der Waals surface area contributed by atoms with E-state index in [2.05, 4.69) is 9.97 Å². The van der Waals surface area contributed by atoms with Crippen LogP contribution in [0.25, 0.3) is 11.0 Å². The first-order valence-electron chi connectivity index (χ1n) is 9.04. The summed E-state index contributed by atoms with van der Waals surface area (Å²) in [6.45, 7) is 0.977. The first-order valence-corrected chi connectivity index (χ1v) is 9.04. The van der Waals surface area contributed by atoms with Crippen LogP contribution in [-0.2, 0) is 10.9 Å². The molecule has 0 aromatic carbocycles. The molecule has 0 bridgehead atoms. The van der Waals surface area contributed by atoms with E-state index in [0.29, 0.717) is 24.2 Å². The molecule has 2 aliphatic heterocycles. The van der Waals surface area contributed by atoms with E-state index in [9.17, 15) is 22.0 Å². The Morgan fingerprint density at radius 3 is 2.44 bits per heavy atom. The molecule has 4 heterocycles. The molecule has 1 N–H and O–H groups in total. The Hall–Kier alpha value is -1.90. The quantitative estimate of drug-likeness (QED) is 0.757. The van der Waals surface area contributed by atoms with Gasteiger partial charge in [0.2, 0.25) is 0 Å². The zero-order valence-electron chi connectivity index (χ0n) is 14.6. The number of aromatic amines is 1. The van der Waals surface area contributed by atoms with Crippen molar-refractivity contribution in [1.82, 2.24) is 9.97 Å². The van der Waals surface area contributed by atoms with Crippen LogP contribution in [0, 0.1) is 0 Å². The minimum Gasteiger partial charge on any atom is -0.381 e. The van der Waals surface area contributed by atoms with Gasteiger partial charge in [-0.05, 0) is 18.9 Å². The van der Waals surface area contributed by atoms with E-state index in [1.807, 2.05) is 0 Å². The fourth-order valence-corrected chi connectivity index (χ4v) is 3.92. The number of nitrogens with one attached hydrogen (secondary N) is 1. The van der Waals surface area contributed by atoms with Crippen molar-refractivity contribution in [3.05, 3.63) is 23.5 Å². The Kier molecular flexibility index (Phi) is 4.52. The summed E-state index contributed by atoms with van der Waals surface area (Å²) in [5.74, 6) is -2.66. The average Bonchev–Trinajstić information content (AvgIpc) is 3.05. The maximum absolute atomic E-state index is 13.6. The molecule has 0 aliphatic carbocycles. The van der Waals surface area contributed by atoms with E-state index < -0.39 is 30.5 Å². The van der Waals surface area contributed by atoms with Gasteiger partial charge >= 0.3 is 6.18 Å². The van der Waals surface area contributed by atoms with Gasteiger partial charge in [0.15, 0.2) is 0 Å². The van der Waals surface area contributed by atoms with E-state index in [1.54, 1.807) is 6.07 Å². The lowest BCUT2D eigenvalue weighted by Gasteiger charge is -2.35. The lowest BCUT2D eigenvalue weighted by molar-refractivity contribution is -0.137. The van der Waals surface area contributed by atoms with Crippen molar-refractivity contribution in [1.29, 1.82) is 0 Å². The smallest absolute Gasteiger partial charge is 0.381 e. The SMILES string of the molecule is FC1(F)CCN(c2c(C(F)(F)F)cnc3[nH]c(C4CCOCC4)cc23)CC1. The molecule has 4 rings (SSSR count). The molecular formula is C18H20F5N3O. The van der Waals surface area contributed by atoms with Crippen LogP contribution in [0.3, 0.4) is 0 Å². The number of anilines is 1. The van der Waals surface area contributed by atoms with Gasteiger partial charge in [0.25, 0.3) is 5.92 Å². The number of hydrogen-bond acceptors (Lipinski definition) is 3. The third kappa shape index (κ3) is 3.61. The summed E-state index contributed by atoms with van der Waals surface area (Å²) in [6.07, 6.45) is -3.15. The summed E-state index contributed by atoms with van der Waals surface area (Å²) in [5.41, 5.74) is 0.260. The number of aromatic nitrogens is 2. The Morgan fingerprint density at radius 1 is 1.15 bits per heavy atom. The molecule has 0 atom stereocenters. The first kappa shape index (κ1) is 18.5.